The van der Waals surface area contributed by atoms with Gasteiger partial charge >= 0.3 is 0 Å². The van der Waals surface area contributed by atoms with Crippen molar-refractivity contribution in [2.24, 2.45) is 0 Å². The van der Waals surface area contributed by atoms with Crippen LogP contribution in [0.2, 0.25) is 0 Å². The van der Waals surface area contributed by atoms with Gasteiger partial charge in [0.25, 0.3) is 0 Å². The Bertz CT molecular complexity index is 576. The van der Waals surface area contributed by atoms with Gasteiger partial charge in [-0.2, -0.15) is 0 Å². The molecule has 136 valence electrons. The van der Waals surface area contributed by atoms with Crippen molar-refractivity contribution >= 4 is 11.4 Å². The van der Waals surface area contributed by atoms with Gasteiger partial charge in [0.1, 0.15) is 0 Å². The highest BCUT2D eigenvalue weighted by atomic mass is 15.1. The van der Waals surface area contributed by atoms with E-state index < -0.39 is 0 Å². The summed E-state index contributed by atoms with van der Waals surface area (Å²) in [6, 6.07) is 20.0. The van der Waals surface area contributed by atoms with Gasteiger partial charge in [-0.3, -0.25) is 0 Å². The summed E-state index contributed by atoms with van der Waals surface area (Å²) >= 11 is 0. The van der Waals surface area contributed by atoms with E-state index in [2.05, 4.69) is 73.3 Å². The number of unbranched alkanes of at least 4 members (excludes halogenated alkanes) is 6. The molecule has 0 amide bonds. The Morgan fingerprint density at radius 1 is 0.640 bits per heavy atom. The summed E-state index contributed by atoms with van der Waals surface area (Å²) < 4.78 is 0. The molecule has 0 bridgehead atoms. The third kappa shape index (κ3) is 6.94. The minimum absolute atomic E-state index is 1.10. The normalized spacial score (nSPS) is 10.8. The van der Waals surface area contributed by atoms with Crippen molar-refractivity contribution in [2.45, 2.75) is 71.6 Å². The number of aryl methyl sites for hydroxylation is 1. The van der Waals surface area contributed by atoms with E-state index >= 15 is 0 Å². The molecule has 0 heterocycles. The molecule has 0 saturated carbocycles. The fourth-order valence-electron chi connectivity index (χ4n) is 3.33. The van der Waals surface area contributed by atoms with Gasteiger partial charge in [0.15, 0.2) is 0 Å². The van der Waals surface area contributed by atoms with Crippen LogP contribution in [0.1, 0.15) is 70.8 Å². The summed E-state index contributed by atoms with van der Waals surface area (Å²) in [7, 11) is 0. The molecule has 0 aliphatic heterocycles. The number of benzene rings is 2. The van der Waals surface area contributed by atoms with Crippen molar-refractivity contribution in [2.75, 3.05) is 11.4 Å². The van der Waals surface area contributed by atoms with Gasteiger partial charge in [0.05, 0.1) is 0 Å². The Hall–Kier alpha value is -1.76. The van der Waals surface area contributed by atoms with Crippen molar-refractivity contribution in [1.82, 2.24) is 0 Å². The molecule has 0 aromatic heterocycles. The first-order chi connectivity index (χ1) is 12.3. The molecule has 0 unspecified atom stereocenters. The molecule has 0 radical (unpaired) electrons. The van der Waals surface area contributed by atoms with Crippen molar-refractivity contribution in [3.63, 3.8) is 0 Å². The number of hydrogen-bond acceptors (Lipinski definition) is 1. The minimum Gasteiger partial charge on any atom is -0.341 e. The predicted molar refractivity (Wildman–Crippen MR) is 112 cm³/mol. The molecular weight excluding hydrogens is 302 g/mol. The molecule has 1 heteroatoms. The summed E-state index contributed by atoms with van der Waals surface area (Å²) in [4.78, 5) is 2.50. The van der Waals surface area contributed by atoms with Crippen LogP contribution in [-0.2, 0) is 6.42 Å². The largest absolute Gasteiger partial charge is 0.341 e. The first kappa shape index (κ1) is 19.6. The van der Waals surface area contributed by atoms with Crippen molar-refractivity contribution < 1.29 is 0 Å². The summed E-state index contributed by atoms with van der Waals surface area (Å²) in [6.45, 7) is 5.65. The fourth-order valence-corrected chi connectivity index (χ4v) is 3.33. The Kier molecular flexibility index (Phi) is 9.18. The van der Waals surface area contributed by atoms with Crippen molar-refractivity contribution in [3.05, 3.63) is 60.2 Å². The number of para-hydroxylation sites is 1. The molecule has 2 rings (SSSR count). The zero-order valence-electron chi connectivity index (χ0n) is 16.2. The molecule has 2 aromatic carbocycles. The average Bonchev–Trinajstić information content (AvgIpc) is 2.67. The smallest absolute Gasteiger partial charge is 0.0413 e. The molecule has 0 saturated heterocycles. The zero-order chi connectivity index (χ0) is 17.7. The molecule has 0 spiro atoms. The van der Waals surface area contributed by atoms with E-state index in [1.54, 1.807) is 0 Å². The van der Waals surface area contributed by atoms with Crippen LogP contribution < -0.4 is 4.90 Å². The highest BCUT2D eigenvalue weighted by Crippen LogP contribution is 2.27. The monoisotopic (exact) mass is 337 g/mol. The Morgan fingerprint density at radius 3 is 2.08 bits per heavy atom. The molecule has 2 aromatic rings. The predicted octanol–water partition coefficient (Wildman–Crippen LogP) is 7.53. The maximum absolute atomic E-state index is 2.50. The van der Waals surface area contributed by atoms with Crippen LogP contribution in [0.3, 0.4) is 0 Å². The molecule has 0 aliphatic carbocycles. The highest BCUT2D eigenvalue weighted by Gasteiger charge is 2.09. The zero-order valence-corrected chi connectivity index (χ0v) is 16.2. The van der Waals surface area contributed by atoms with Gasteiger partial charge in [-0.25, -0.2) is 0 Å². The molecule has 25 heavy (non-hydrogen) atoms. The van der Waals surface area contributed by atoms with Crippen molar-refractivity contribution in [1.29, 1.82) is 0 Å². The SMILES string of the molecule is CCCCCCCCN(c1ccccc1)c1cccc(CCCC)c1. The van der Waals surface area contributed by atoms with Gasteiger partial charge in [0, 0.05) is 17.9 Å². The quantitative estimate of drug-likeness (QED) is 0.362. The molecule has 0 fully saturated rings. The van der Waals surface area contributed by atoms with Crippen LogP contribution in [0, 0.1) is 0 Å². The summed E-state index contributed by atoms with van der Waals surface area (Å²) in [6.07, 6.45) is 11.8. The van der Waals surface area contributed by atoms with E-state index in [1.165, 1.54) is 74.7 Å². The van der Waals surface area contributed by atoms with E-state index in [0.29, 0.717) is 0 Å². The number of hydrogen-bond donors (Lipinski definition) is 0. The van der Waals surface area contributed by atoms with Gasteiger partial charge in [-0.15, -0.1) is 0 Å². The van der Waals surface area contributed by atoms with Gasteiger partial charge in [-0.05, 0) is 49.1 Å². The highest BCUT2D eigenvalue weighted by molar-refractivity contribution is 5.63. The van der Waals surface area contributed by atoms with E-state index in [9.17, 15) is 0 Å². The Morgan fingerprint density at radius 2 is 1.32 bits per heavy atom. The average molecular weight is 338 g/mol. The maximum atomic E-state index is 2.50. The first-order valence-corrected chi connectivity index (χ1v) is 10.3. The molecule has 0 aliphatic rings. The maximum Gasteiger partial charge on any atom is 0.0413 e. The lowest BCUT2D eigenvalue weighted by Gasteiger charge is -2.26. The summed E-state index contributed by atoms with van der Waals surface area (Å²) in [5.74, 6) is 0. The molecule has 1 nitrogen and oxygen atoms in total. The van der Waals surface area contributed by atoms with Crippen LogP contribution in [0.25, 0.3) is 0 Å². The van der Waals surface area contributed by atoms with Gasteiger partial charge in [-0.1, -0.05) is 82.7 Å². The third-order valence-electron chi connectivity index (χ3n) is 4.84. The first-order valence-electron chi connectivity index (χ1n) is 10.3. The lowest BCUT2D eigenvalue weighted by atomic mass is 10.1. The molecule has 0 atom stereocenters. The lowest BCUT2D eigenvalue weighted by molar-refractivity contribution is 0.609. The van der Waals surface area contributed by atoms with Crippen LogP contribution in [-0.4, -0.2) is 6.54 Å². The van der Waals surface area contributed by atoms with E-state index in [0.717, 1.165) is 6.54 Å². The second-order valence-electron chi connectivity index (χ2n) is 7.03. The van der Waals surface area contributed by atoms with Gasteiger partial charge in [0.2, 0.25) is 0 Å². The molecular formula is C24H35N. The van der Waals surface area contributed by atoms with Crippen LogP contribution >= 0.6 is 0 Å². The number of rotatable bonds is 12. The second kappa shape index (κ2) is 11.7. The topological polar surface area (TPSA) is 3.24 Å². The van der Waals surface area contributed by atoms with E-state index in [1.807, 2.05) is 0 Å². The standard InChI is InChI=1S/C24H35N/c1-3-5-7-8-9-13-20-25(23-17-11-10-12-18-23)24-19-14-16-22(21-24)15-6-4-2/h10-12,14,16-19,21H,3-9,13,15,20H2,1-2H3. The molecule has 0 N–H and O–H groups in total. The Labute approximate surface area is 155 Å². The van der Waals surface area contributed by atoms with Crippen molar-refractivity contribution in [3.8, 4) is 0 Å². The number of nitrogens with zero attached hydrogens (tertiary/aromatic N) is 1. The summed E-state index contributed by atoms with van der Waals surface area (Å²) in [5.41, 5.74) is 4.11. The fraction of sp³-hybridized carbons (Fsp3) is 0.500. The minimum atomic E-state index is 1.10. The van der Waals surface area contributed by atoms with E-state index in [4.69, 9.17) is 0 Å². The third-order valence-corrected chi connectivity index (χ3v) is 4.84. The van der Waals surface area contributed by atoms with E-state index in [-0.39, 0.29) is 0 Å². The van der Waals surface area contributed by atoms with Gasteiger partial charge < -0.3 is 4.90 Å². The number of anilines is 2. The lowest BCUT2D eigenvalue weighted by Crippen LogP contribution is -2.18. The summed E-state index contributed by atoms with van der Waals surface area (Å²) in [5, 5.41) is 0. The van der Waals surface area contributed by atoms with Crippen LogP contribution in [0.5, 0.6) is 0 Å². The van der Waals surface area contributed by atoms with Crippen LogP contribution in [0.4, 0.5) is 11.4 Å². The Balaban J connectivity index is 2.04. The second-order valence-corrected chi connectivity index (χ2v) is 7.03. The van der Waals surface area contributed by atoms with Crippen LogP contribution in [0.15, 0.2) is 54.6 Å².